The maximum absolute atomic E-state index is 5.35. The van der Waals surface area contributed by atoms with Gasteiger partial charge < -0.3 is 9.64 Å². The summed E-state index contributed by atoms with van der Waals surface area (Å²) in [7, 11) is 1.68. The molecule has 2 aromatic rings. The van der Waals surface area contributed by atoms with Gasteiger partial charge in [0.05, 0.1) is 7.11 Å². The molecule has 0 radical (unpaired) electrons. The molecule has 0 aliphatic carbocycles. The quantitative estimate of drug-likeness (QED) is 0.807. The van der Waals surface area contributed by atoms with Crippen molar-refractivity contribution < 1.29 is 4.74 Å². The highest BCUT2D eigenvalue weighted by molar-refractivity contribution is 5.85. The van der Waals surface area contributed by atoms with Crippen LogP contribution in [0.1, 0.15) is 13.8 Å². The first-order chi connectivity index (χ1) is 8.30. The number of aromatic nitrogens is 1. The van der Waals surface area contributed by atoms with Crippen molar-refractivity contribution in [2.75, 3.05) is 25.1 Å². The minimum Gasteiger partial charge on any atom is -0.494 e. The van der Waals surface area contributed by atoms with Crippen LogP contribution in [0.5, 0.6) is 5.75 Å². The van der Waals surface area contributed by atoms with E-state index in [4.69, 9.17) is 4.74 Å². The zero-order chi connectivity index (χ0) is 12.3. The van der Waals surface area contributed by atoms with Crippen LogP contribution in [0.4, 0.5) is 5.82 Å². The fourth-order valence-electron chi connectivity index (χ4n) is 2.00. The van der Waals surface area contributed by atoms with Crippen LogP contribution in [0.25, 0.3) is 10.9 Å². The van der Waals surface area contributed by atoms with Crippen LogP contribution in [-0.2, 0) is 0 Å². The smallest absolute Gasteiger partial charge is 0.145 e. The number of nitrogens with zero attached hydrogens (tertiary/aromatic N) is 2. The Bertz CT molecular complexity index is 507. The van der Waals surface area contributed by atoms with Crippen molar-refractivity contribution in [1.82, 2.24) is 4.98 Å². The lowest BCUT2D eigenvalue weighted by Gasteiger charge is -2.20. The molecule has 0 fully saturated rings. The lowest BCUT2D eigenvalue weighted by molar-refractivity contribution is 0.419. The topological polar surface area (TPSA) is 25.4 Å². The van der Waals surface area contributed by atoms with Crippen LogP contribution in [0.2, 0.25) is 0 Å². The minimum atomic E-state index is 0.830. The van der Waals surface area contributed by atoms with Crippen LogP contribution in [0.15, 0.2) is 30.3 Å². The van der Waals surface area contributed by atoms with Gasteiger partial charge in [-0.25, -0.2) is 4.98 Å². The Morgan fingerprint density at radius 1 is 1.12 bits per heavy atom. The Kier molecular flexibility index (Phi) is 3.47. The average molecular weight is 230 g/mol. The molecule has 90 valence electrons. The monoisotopic (exact) mass is 230 g/mol. The van der Waals surface area contributed by atoms with Crippen LogP contribution >= 0.6 is 0 Å². The molecule has 1 aromatic carbocycles. The highest BCUT2D eigenvalue weighted by Gasteiger charge is 2.07. The second-order valence-corrected chi connectivity index (χ2v) is 3.87. The summed E-state index contributed by atoms with van der Waals surface area (Å²) < 4.78 is 5.35. The highest BCUT2D eigenvalue weighted by atomic mass is 16.5. The van der Waals surface area contributed by atoms with Gasteiger partial charge in [0, 0.05) is 18.5 Å². The van der Waals surface area contributed by atoms with Crippen molar-refractivity contribution in [3.63, 3.8) is 0 Å². The molecule has 0 atom stereocenters. The number of ether oxygens (including phenoxy) is 1. The van der Waals surface area contributed by atoms with Crippen LogP contribution < -0.4 is 9.64 Å². The van der Waals surface area contributed by atoms with E-state index in [1.807, 2.05) is 12.1 Å². The van der Waals surface area contributed by atoms with Gasteiger partial charge in [0.2, 0.25) is 0 Å². The number of fused-ring (bicyclic) bond motifs is 1. The molecule has 0 N–H and O–H groups in total. The fraction of sp³-hybridized carbons (Fsp3) is 0.357. The summed E-state index contributed by atoms with van der Waals surface area (Å²) in [6, 6.07) is 10.1. The summed E-state index contributed by atoms with van der Waals surface area (Å²) in [5.41, 5.74) is 0.930. The molecular weight excluding hydrogens is 212 g/mol. The summed E-state index contributed by atoms with van der Waals surface area (Å²) in [5, 5.41) is 1.11. The van der Waals surface area contributed by atoms with Gasteiger partial charge in [-0.05, 0) is 32.0 Å². The molecule has 1 aromatic heterocycles. The SMILES string of the molecule is CCN(CC)c1ccc2cccc(OC)c2n1. The van der Waals surface area contributed by atoms with E-state index < -0.39 is 0 Å². The number of pyridine rings is 1. The number of methoxy groups -OCH3 is 1. The molecule has 1 heterocycles. The van der Waals surface area contributed by atoms with Gasteiger partial charge in [0.15, 0.2) is 0 Å². The number of para-hydroxylation sites is 1. The Hall–Kier alpha value is -1.77. The molecule has 0 amide bonds. The Morgan fingerprint density at radius 2 is 1.88 bits per heavy atom. The van der Waals surface area contributed by atoms with E-state index >= 15 is 0 Å². The Morgan fingerprint density at radius 3 is 2.53 bits per heavy atom. The minimum absolute atomic E-state index is 0.830. The fourth-order valence-corrected chi connectivity index (χ4v) is 2.00. The Balaban J connectivity index is 2.55. The van der Waals surface area contributed by atoms with Gasteiger partial charge in [0.1, 0.15) is 17.1 Å². The van der Waals surface area contributed by atoms with E-state index in [9.17, 15) is 0 Å². The number of hydrogen-bond acceptors (Lipinski definition) is 3. The summed E-state index contributed by atoms with van der Waals surface area (Å²) >= 11 is 0. The number of anilines is 1. The second kappa shape index (κ2) is 5.04. The van der Waals surface area contributed by atoms with Crippen molar-refractivity contribution in [2.45, 2.75) is 13.8 Å². The number of rotatable bonds is 4. The first-order valence-electron chi connectivity index (χ1n) is 5.98. The number of hydrogen-bond donors (Lipinski definition) is 0. The van der Waals surface area contributed by atoms with E-state index in [1.165, 1.54) is 0 Å². The molecule has 0 aliphatic heterocycles. The second-order valence-electron chi connectivity index (χ2n) is 3.87. The highest BCUT2D eigenvalue weighted by Crippen LogP contribution is 2.25. The molecule has 0 saturated carbocycles. The average Bonchev–Trinajstić information content (AvgIpc) is 2.39. The van der Waals surface area contributed by atoms with Crippen LogP contribution in [0, 0.1) is 0 Å². The summed E-state index contributed by atoms with van der Waals surface area (Å²) in [5.74, 6) is 1.84. The first kappa shape index (κ1) is 11.7. The van der Waals surface area contributed by atoms with Crippen molar-refractivity contribution in [2.24, 2.45) is 0 Å². The van der Waals surface area contributed by atoms with Gasteiger partial charge >= 0.3 is 0 Å². The molecule has 3 heteroatoms. The maximum atomic E-state index is 5.35. The van der Waals surface area contributed by atoms with Crippen molar-refractivity contribution in [3.8, 4) is 5.75 Å². The largest absolute Gasteiger partial charge is 0.494 e. The van der Waals surface area contributed by atoms with Gasteiger partial charge in [-0.1, -0.05) is 12.1 Å². The summed E-state index contributed by atoms with van der Waals surface area (Å²) in [6.45, 7) is 6.20. The standard InChI is InChI=1S/C14H18N2O/c1-4-16(5-2)13-10-9-11-7-6-8-12(17-3)14(11)15-13/h6-10H,4-5H2,1-3H3. The predicted molar refractivity (Wildman–Crippen MR) is 71.9 cm³/mol. The van der Waals surface area contributed by atoms with Crippen molar-refractivity contribution in [3.05, 3.63) is 30.3 Å². The van der Waals surface area contributed by atoms with Gasteiger partial charge in [-0.15, -0.1) is 0 Å². The van der Waals surface area contributed by atoms with Gasteiger partial charge in [-0.2, -0.15) is 0 Å². The van der Waals surface area contributed by atoms with E-state index in [-0.39, 0.29) is 0 Å². The zero-order valence-corrected chi connectivity index (χ0v) is 10.6. The van der Waals surface area contributed by atoms with Crippen LogP contribution in [-0.4, -0.2) is 25.2 Å². The summed E-state index contributed by atoms with van der Waals surface area (Å²) in [4.78, 5) is 6.92. The van der Waals surface area contributed by atoms with Crippen molar-refractivity contribution >= 4 is 16.7 Å². The lowest BCUT2D eigenvalue weighted by Crippen LogP contribution is -2.22. The Labute approximate surface area is 102 Å². The van der Waals surface area contributed by atoms with E-state index in [0.717, 1.165) is 35.6 Å². The number of benzene rings is 1. The molecular formula is C14H18N2O. The van der Waals surface area contributed by atoms with E-state index in [0.29, 0.717) is 0 Å². The molecule has 0 bridgehead atoms. The molecule has 3 nitrogen and oxygen atoms in total. The zero-order valence-electron chi connectivity index (χ0n) is 10.6. The molecule has 0 spiro atoms. The third-order valence-corrected chi connectivity index (χ3v) is 2.98. The molecule has 0 unspecified atom stereocenters. The third-order valence-electron chi connectivity index (χ3n) is 2.98. The molecule has 17 heavy (non-hydrogen) atoms. The molecule has 0 aliphatic rings. The van der Waals surface area contributed by atoms with Crippen molar-refractivity contribution in [1.29, 1.82) is 0 Å². The van der Waals surface area contributed by atoms with E-state index in [1.54, 1.807) is 7.11 Å². The first-order valence-corrected chi connectivity index (χ1v) is 5.98. The normalized spacial score (nSPS) is 10.5. The molecule has 0 saturated heterocycles. The summed E-state index contributed by atoms with van der Waals surface area (Å²) in [6.07, 6.45) is 0. The maximum Gasteiger partial charge on any atom is 0.145 e. The van der Waals surface area contributed by atoms with Gasteiger partial charge in [0.25, 0.3) is 0 Å². The predicted octanol–water partition coefficient (Wildman–Crippen LogP) is 3.09. The third kappa shape index (κ3) is 2.18. The molecule has 2 rings (SSSR count). The lowest BCUT2D eigenvalue weighted by atomic mass is 10.2. The van der Waals surface area contributed by atoms with Crippen LogP contribution in [0.3, 0.4) is 0 Å². The van der Waals surface area contributed by atoms with E-state index in [2.05, 4.69) is 41.9 Å². The van der Waals surface area contributed by atoms with Gasteiger partial charge in [-0.3, -0.25) is 0 Å².